The lowest BCUT2D eigenvalue weighted by atomic mass is 9.96. The maximum Gasteiger partial charge on any atom is 0.432 e. The predicted molar refractivity (Wildman–Crippen MR) is 94.7 cm³/mol. The monoisotopic (exact) mass is 381 g/mol. The van der Waals surface area contributed by atoms with Gasteiger partial charge in [0, 0.05) is 19.0 Å². The van der Waals surface area contributed by atoms with Crippen LogP contribution in [0.3, 0.4) is 0 Å². The Bertz CT molecular complexity index is 938. The van der Waals surface area contributed by atoms with Crippen LogP contribution in [-0.4, -0.2) is 33.0 Å². The summed E-state index contributed by atoms with van der Waals surface area (Å²) < 4.78 is 38.3. The van der Waals surface area contributed by atoms with Gasteiger partial charge in [-0.05, 0) is 37.6 Å². The summed E-state index contributed by atoms with van der Waals surface area (Å²) in [7, 11) is 0. The van der Waals surface area contributed by atoms with Crippen LogP contribution < -0.4 is 4.90 Å². The zero-order valence-corrected chi connectivity index (χ0v) is 15.2. The molecule has 3 aromatic rings. The number of imidazole rings is 1. The van der Waals surface area contributed by atoms with Gasteiger partial charge < -0.3 is 9.88 Å². The third-order valence-electron chi connectivity index (χ3n) is 4.79. The van der Waals surface area contributed by atoms with Crippen molar-refractivity contribution in [1.29, 1.82) is 0 Å². The molecule has 26 heavy (non-hydrogen) atoms. The lowest BCUT2D eigenvalue weighted by Gasteiger charge is -2.32. The zero-order valence-electron chi connectivity index (χ0n) is 14.4. The Morgan fingerprint density at radius 2 is 1.92 bits per heavy atom. The summed E-state index contributed by atoms with van der Waals surface area (Å²) in [6.45, 7) is 5.39. The molecule has 0 spiro atoms. The number of thiophene rings is 1. The van der Waals surface area contributed by atoms with Crippen molar-refractivity contribution >= 4 is 27.4 Å². The quantitative estimate of drug-likeness (QED) is 0.713. The minimum absolute atomic E-state index is 0.00402. The van der Waals surface area contributed by atoms with Crippen LogP contribution in [0.5, 0.6) is 0 Å². The number of anilines is 1. The first-order valence-corrected chi connectivity index (χ1v) is 9.30. The first-order chi connectivity index (χ1) is 12.3. The number of nitrogens with one attached hydrogen (secondary N) is 1. The third-order valence-corrected chi connectivity index (χ3v) is 5.78. The van der Waals surface area contributed by atoms with E-state index in [1.165, 1.54) is 0 Å². The second-order valence-electron chi connectivity index (χ2n) is 6.63. The van der Waals surface area contributed by atoms with E-state index in [-0.39, 0.29) is 5.92 Å². The van der Waals surface area contributed by atoms with Crippen molar-refractivity contribution in [1.82, 2.24) is 19.9 Å². The SMILES string of the molecule is Cc1nc(N2CCC(c3ncc(C(F)(F)F)[nH]3)CC2)c2c(C)csc2n1. The summed E-state index contributed by atoms with van der Waals surface area (Å²) in [6.07, 6.45) is -2.03. The number of alkyl halides is 3. The Labute approximate surface area is 152 Å². The molecular weight excluding hydrogens is 363 g/mol. The molecule has 0 aliphatic carbocycles. The molecule has 0 amide bonds. The smallest absolute Gasteiger partial charge is 0.356 e. The van der Waals surface area contributed by atoms with Crippen LogP contribution >= 0.6 is 11.3 Å². The molecule has 1 fully saturated rings. The highest BCUT2D eigenvalue weighted by atomic mass is 32.1. The minimum Gasteiger partial charge on any atom is -0.356 e. The van der Waals surface area contributed by atoms with Gasteiger partial charge in [-0.3, -0.25) is 0 Å². The number of aryl methyl sites for hydroxylation is 2. The van der Waals surface area contributed by atoms with E-state index >= 15 is 0 Å². The van der Waals surface area contributed by atoms with Crippen LogP contribution in [0.4, 0.5) is 19.0 Å². The van der Waals surface area contributed by atoms with Gasteiger partial charge in [0.1, 0.15) is 28.0 Å². The maximum atomic E-state index is 12.8. The normalized spacial score (nSPS) is 16.6. The number of hydrogen-bond donors (Lipinski definition) is 1. The van der Waals surface area contributed by atoms with E-state index in [9.17, 15) is 13.2 Å². The molecule has 1 aliphatic heterocycles. The third kappa shape index (κ3) is 3.04. The van der Waals surface area contributed by atoms with Gasteiger partial charge in [-0.1, -0.05) is 0 Å². The first-order valence-electron chi connectivity index (χ1n) is 8.42. The Kier molecular flexibility index (Phi) is 4.13. The predicted octanol–water partition coefficient (Wildman–Crippen LogP) is 4.43. The van der Waals surface area contributed by atoms with Crippen LogP contribution in [-0.2, 0) is 6.18 Å². The standard InChI is InChI=1S/C17H18F3N5S/c1-9-8-26-16-13(9)15(22-10(2)23-16)25-5-3-11(4-6-25)14-21-7-12(24-14)17(18,19)20/h7-8,11H,3-6H2,1-2H3,(H,21,24). The number of H-pyrrole nitrogens is 1. The van der Waals surface area contributed by atoms with Gasteiger partial charge in [-0.15, -0.1) is 11.3 Å². The number of aromatic nitrogens is 4. The van der Waals surface area contributed by atoms with Crippen LogP contribution in [0.15, 0.2) is 11.6 Å². The van der Waals surface area contributed by atoms with Gasteiger partial charge in [-0.2, -0.15) is 13.2 Å². The molecule has 1 N–H and O–H groups in total. The fourth-order valence-electron chi connectivity index (χ4n) is 3.45. The second kappa shape index (κ2) is 6.22. The summed E-state index contributed by atoms with van der Waals surface area (Å²) in [5.41, 5.74) is 0.375. The van der Waals surface area contributed by atoms with Gasteiger partial charge in [-0.25, -0.2) is 15.0 Å². The molecule has 4 heterocycles. The number of hydrogen-bond acceptors (Lipinski definition) is 5. The summed E-state index contributed by atoms with van der Waals surface area (Å²) in [5, 5.41) is 3.16. The maximum absolute atomic E-state index is 12.8. The largest absolute Gasteiger partial charge is 0.432 e. The van der Waals surface area contributed by atoms with E-state index in [1.807, 2.05) is 6.92 Å². The van der Waals surface area contributed by atoms with Crippen molar-refractivity contribution in [2.24, 2.45) is 0 Å². The average Bonchev–Trinajstić information content (AvgIpc) is 3.22. The van der Waals surface area contributed by atoms with E-state index in [2.05, 4.69) is 37.1 Å². The summed E-state index contributed by atoms with van der Waals surface area (Å²) in [6, 6.07) is 0. The first kappa shape index (κ1) is 17.3. The second-order valence-corrected chi connectivity index (χ2v) is 7.49. The lowest BCUT2D eigenvalue weighted by Crippen LogP contribution is -2.34. The van der Waals surface area contributed by atoms with Gasteiger partial charge in [0.25, 0.3) is 0 Å². The van der Waals surface area contributed by atoms with Crippen molar-refractivity contribution in [3.8, 4) is 0 Å². The number of rotatable bonds is 2. The Hall–Kier alpha value is -2.16. The van der Waals surface area contributed by atoms with Crippen LogP contribution in [0.1, 0.15) is 41.7 Å². The van der Waals surface area contributed by atoms with Crippen molar-refractivity contribution in [3.05, 3.63) is 34.5 Å². The van der Waals surface area contributed by atoms with Crippen LogP contribution in [0.25, 0.3) is 10.2 Å². The molecule has 0 bridgehead atoms. The minimum atomic E-state index is -4.38. The van der Waals surface area contributed by atoms with Crippen molar-refractivity contribution in [2.45, 2.75) is 38.8 Å². The van der Waals surface area contributed by atoms with Crippen LogP contribution in [0.2, 0.25) is 0 Å². The number of nitrogens with zero attached hydrogens (tertiary/aromatic N) is 4. The van der Waals surface area contributed by atoms with E-state index < -0.39 is 11.9 Å². The van der Waals surface area contributed by atoms with Gasteiger partial charge in [0.2, 0.25) is 0 Å². The molecule has 1 saturated heterocycles. The van der Waals surface area contributed by atoms with E-state index in [4.69, 9.17) is 0 Å². The molecule has 0 saturated carbocycles. The molecule has 5 nitrogen and oxygen atoms in total. The fourth-order valence-corrected chi connectivity index (χ4v) is 4.41. The van der Waals surface area contributed by atoms with Crippen molar-refractivity contribution in [2.75, 3.05) is 18.0 Å². The highest BCUT2D eigenvalue weighted by molar-refractivity contribution is 7.17. The molecule has 0 atom stereocenters. The molecule has 0 radical (unpaired) electrons. The molecular formula is C17H18F3N5S. The number of aromatic amines is 1. The van der Waals surface area contributed by atoms with Crippen molar-refractivity contribution in [3.63, 3.8) is 0 Å². The Morgan fingerprint density at radius 3 is 2.58 bits per heavy atom. The van der Waals surface area contributed by atoms with Gasteiger partial charge in [0.15, 0.2) is 0 Å². The molecule has 0 unspecified atom stereocenters. The Balaban J connectivity index is 1.54. The fraction of sp³-hybridized carbons (Fsp3) is 0.471. The topological polar surface area (TPSA) is 57.7 Å². The molecule has 9 heteroatoms. The average molecular weight is 381 g/mol. The van der Waals surface area contributed by atoms with Gasteiger partial charge in [0.05, 0.1) is 11.6 Å². The van der Waals surface area contributed by atoms with Crippen LogP contribution in [0, 0.1) is 13.8 Å². The number of piperidine rings is 1. The molecule has 3 aromatic heterocycles. The lowest BCUT2D eigenvalue weighted by molar-refractivity contribution is -0.141. The Morgan fingerprint density at radius 1 is 1.19 bits per heavy atom. The van der Waals surface area contributed by atoms with E-state index in [0.29, 0.717) is 5.82 Å². The molecule has 4 rings (SSSR count). The summed E-state index contributed by atoms with van der Waals surface area (Å²) in [5.74, 6) is 2.09. The molecule has 138 valence electrons. The molecule has 1 aliphatic rings. The highest BCUT2D eigenvalue weighted by Gasteiger charge is 2.34. The highest BCUT2D eigenvalue weighted by Crippen LogP contribution is 2.36. The van der Waals surface area contributed by atoms with Gasteiger partial charge >= 0.3 is 6.18 Å². The van der Waals surface area contributed by atoms with E-state index in [0.717, 1.165) is 59.6 Å². The molecule has 0 aromatic carbocycles. The number of fused-ring (bicyclic) bond motifs is 1. The van der Waals surface area contributed by atoms with Crippen molar-refractivity contribution < 1.29 is 13.2 Å². The number of halogens is 3. The zero-order chi connectivity index (χ0) is 18.5. The van der Waals surface area contributed by atoms with E-state index in [1.54, 1.807) is 11.3 Å². The summed E-state index contributed by atoms with van der Waals surface area (Å²) >= 11 is 1.61. The summed E-state index contributed by atoms with van der Waals surface area (Å²) in [4.78, 5) is 18.7.